The number of H-pyrrole nitrogens is 1. The Morgan fingerprint density at radius 1 is 1.32 bits per heavy atom. The molecule has 0 spiro atoms. The smallest absolute Gasteiger partial charge is 0.227 e. The summed E-state index contributed by atoms with van der Waals surface area (Å²) in [5.74, 6) is 0.767. The normalized spacial score (nSPS) is 12.3. The predicted octanol–water partition coefficient (Wildman–Crippen LogP) is 5.84. The summed E-state index contributed by atoms with van der Waals surface area (Å²) in [6.45, 7) is 7.63. The van der Waals surface area contributed by atoms with Gasteiger partial charge in [0.05, 0.1) is 29.8 Å². The average Bonchev–Trinajstić information content (AvgIpc) is 3.05. The lowest BCUT2D eigenvalue weighted by atomic mass is 10.1. The zero-order valence-electron chi connectivity index (χ0n) is 15.8. The molecule has 0 aliphatic heterocycles. The van der Waals surface area contributed by atoms with E-state index in [0.717, 1.165) is 22.2 Å². The van der Waals surface area contributed by atoms with Crippen molar-refractivity contribution >= 4 is 28.5 Å². The third-order valence-electron chi connectivity index (χ3n) is 3.98. The summed E-state index contributed by atoms with van der Waals surface area (Å²) in [5.41, 5.74) is 3.55. The van der Waals surface area contributed by atoms with Gasteiger partial charge in [0.25, 0.3) is 0 Å². The number of nitrogens with zero attached hydrogens (tertiary/aromatic N) is 2. The first kappa shape index (κ1) is 19.6. The molecule has 2 heterocycles. The van der Waals surface area contributed by atoms with Crippen molar-refractivity contribution in [1.82, 2.24) is 15.0 Å². The Kier molecular flexibility index (Phi) is 5.80. The number of rotatable bonds is 6. The first-order valence-corrected chi connectivity index (χ1v) is 8.91. The van der Waals surface area contributed by atoms with Gasteiger partial charge >= 0.3 is 0 Å². The molecule has 5 nitrogen and oxygen atoms in total. The van der Waals surface area contributed by atoms with Crippen molar-refractivity contribution < 1.29 is 9.13 Å². The highest BCUT2D eigenvalue weighted by molar-refractivity contribution is 6.33. The molecule has 0 unspecified atom stereocenters. The van der Waals surface area contributed by atoms with Crippen molar-refractivity contribution in [2.45, 2.75) is 13.8 Å². The highest BCUT2D eigenvalue weighted by Gasteiger charge is 2.14. The molecule has 3 aromatic rings. The summed E-state index contributed by atoms with van der Waals surface area (Å²) in [6, 6.07) is 4.53. The number of aromatic amines is 1. The lowest BCUT2D eigenvalue weighted by Gasteiger charge is -2.10. The molecule has 0 aliphatic carbocycles. The van der Waals surface area contributed by atoms with E-state index in [2.05, 4.69) is 26.8 Å². The number of halogens is 2. The van der Waals surface area contributed by atoms with Gasteiger partial charge in [0.15, 0.2) is 0 Å². The molecule has 2 N–H and O–H groups in total. The number of nitrogens with one attached hydrogen (secondary N) is 2. The number of hydrogen-bond acceptors (Lipinski definition) is 4. The summed E-state index contributed by atoms with van der Waals surface area (Å²) in [4.78, 5) is 11.9. The second kappa shape index (κ2) is 8.27. The van der Waals surface area contributed by atoms with E-state index in [1.807, 2.05) is 26.0 Å². The van der Waals surface area contributed by atoms with Crippen LogP contribution in [-0.4, -0.2) is 22.1 Å². The first-order chi connectivity index (χ1) is 13.4. The molecule has 2 aromatic heterocycles. The maximum Gasteiger partial charge on any atom is 0.227 e. The van der Waals surface area contributed by atoms with Crippen LogP contribution in [0.1, 0.15) is 13.8 Å². The molecule has 0 radical (unpaired) electrons. The zero-order chi connectivity index (χ0) is 20.3. The summed E-state index contributed by atoms with van der Waals surface area (Å²) in [7, 11) is 1.60. The standard InChI is InChI=1S/C21H20ClFN4O/c1-12(2)7-15(8-13(3)28-4)26-21-25-11-18(22)20(27-21)17-10-24-19-9-14(23)5-6-16(17)19/h5-11,24H,1H2,2-4H3,(H,25,26,27)/b13-8+,15-7+. The van der Waals surface area contributed by atoms with Gasteiger partial charge in [-0.15, -0.1) is 0 Å². The Morgan fingerprint density at radius 2 is 2.11 bits per heavy atom. The van der Waals surface area contributed by atoms with Crippen LogP contribution in [0.2, 0.25) is 5.02 Å². The molecule has 144 valence electrons. The van der Waals surface area contributed by atoms with Gasteiger partial charge in [0.2, 0.25) is 5.95 Å². The number of fused-ring (bicyclic) bond motifs is 1. The number of methoxy groups -OCH3 is 1. The van der Waals surface area contributed by atoms with Crippen molar-refractivity contribution in [2.75, 3.05) is 12.4 Å². The molecule has 0 aliphatic rings. The molecular weight excluding hydrogens is 379 g/mol. The molecule has 0 saturated carbocycles. The summed E-state index contributed by atoms with van der Waals surface area (Å²) < 4.78 is 18.7. The van der Waals surface area contributed by atoms with Crippen LogP contribution in [-0.2, 0) is 4.74 Å². The fraction of sp³-hybridized carbons (Fsp3) is 0.143. The topological polar surface area (TPSA) is 62.8 Å². The third kappa shape index (κ3) is 4.40. The fourth-order valence-electron chi connectivity index (χ4n) is 2.70. The Morgan fingerprint density at radius 3 is 2.82 bits per heavy atom. The Hall–Kier alpha value is -3.12. The van der Waals surface area contributed by atoms with Crippen LogP contribution in [0.5, 0.6) is 0 Å². The van der Waals surface area contributed by atoms with E-state index in [0.29, 0.717) is 27.9 Å². The second-order valence-electron chi connectivity index (χ2n) is 6.31. The maximum absolute atomic E-state index is 13.5. The van der Waals surface area contributed by atoms with Crippen LogP contribution in [0.3, 0.4) is 0 Å². The van der Waals surface area contributed by atoms with E-state index in [1.165, 1.54) is 18.3 Å². The Balaban J connectivity index is 2.02. The molecule has 7 heteroatoms. The maximum atomic E-state index is 13.5. The molecule has 0 fully saturated rings. The zero-order valence-corrected chi connectivity index (χ0v) is 16.6. The summed E-state index contributed by atoms with van der Waals surface area (Å²) in [6.07, 6.45) is 6.96. The Labute approximate surface area is 167 Å². The first-order valence-electron chi connectivity index (χ1n) is 8.53. The fourth-order valence-corrected chi connectivity index (χ4v) is 2.89. The highest BCUT2D eigenvalue weighted by Crippen LogP contribution is 2.32. The number of hydrogen-bond donors (Lipinski definition) is 2. The number of ether oxygens (including phenoxy) is 1. The van der Waals surface area contributed by atoms with Crippen LogP contribution in [0.4, 0.5) is 10.3 Å². The van der Waals surface area contributed by atoms with Gasteiger partial charge < -0.3 is 15.0 Å². The van der Waals surface area contributed by atoms with Gasteiger partial charge in [-0.3, -0.25) is 0 Å². The predicted molar refractivity (Wildman–Crippen MR) is 112 cm³/mol. The van der Waals surface area contributed by atoms with Crippen molar-refractivity contribution in [3.8, 4) is 11.3 Å². The number of aromatic nitrogens is 3. The van der Waals surface area contributed by atoms with Gasteiger partial charge in [-0.1, -0.05) is 23.8 Å². The SMILES string of the molecule is C=C(C)/C=C(\C=C(/C)OC)Nc1ncc(Cl)c(-c2c[nH]c3cc(F)ccc23)n1. The molecular formula is C21H20ClFN4O. The molecule has 0 amide bonds. The molecule has 0 saturated heterocycles. The van der Waals surface area contributed by atoms with Gasteiger partial charge in [-0.05, 0) is 44.2 Å². The van der Waals surface area contributed by atoms with Crippen molar-refractivity contribution in [3.63, 3.8) is 0 Å². The molecule has 0 bridgehead atoms. The van der Waals surface area contributed by atoms with Crippen LogP contribution in [0.25, 0.3) is 22.2 Å². The van der Waals surface area contributed by atoms with Gasteiger partial charge in [0.1, 0.15) is 5.82 Å². The van der Waals surface area contributed by atoms with Crippen LogP contribution < -0.4 is 5.32 Å². The van der Waals surface area contributed by atoms with E-state index in [-0.39, 0.29) is 5.82 Å². The van der Waals surface area contributed by atoms with Crippen molar-refractivity contribution in [3.05, 3.63) is 77.2 Å². The number of allylic oxidation sites excluding steroid dienone is 4. The van der Waals surface area contributed by atoms with E-state index in [4.69, 9.17) is 16.3 Å². The second-order valence-corrected chi connectivity index (χ2v) is 6.72. The highest BCUT2D eigenvalue weighted by atomic mass is 35.5. The minimum atomic E-state index is -0.313. The van der Waals surface area contributed by atoms with E-state index >= 15 is 0 Å². The number of benzene rings is 1. The minimum Gasteiger partial charge on any atom is -0.501 e. The van der Waals surface area contributed by atoms with Crippen LogP contribution in [0, 0.1) is 5.82 Å². The van der Waals surface area contributed by atoms with Crippen LogP contribution in [0.15, 0.2) is 66.4 Å². The summed E-state index contributed by atoms with van der Waals surface area (Å²) in [5, 5.41) is 4.37. The third-order valence-corrected chi connectivity index (χ3v) is 4.26. The number of anilines is 1. The van der Waals surface area contributed by atoms with Gasteiger partial charge in [0, 0.05) is 28.4 Å². The van der Waals surface area contributed by atoms with Gasteiger partial charge in [-0.2, -0.15) is 0 Å². The average molecular weight is 399 g/mol. The Bertz CT molecular complexity index is 1100. The molecule has 0 atom stereocenters. The van der Waals surface area contributed by atoms with E-state index in [9.17, 15) is 4.39 Å². The lowest BCUT2D eigenvalue weighted by Crippen LogP contribution is -2.04. The van der Waals surface area contributed by atoms with Crippen LogP contribution >= 0.6 is 11.6 Å². The molecule has 3 rings (SSSR count). The molecule has 1 aromatic carbocycles. The van der Waals surface area contributed by atoms with Crippen molar-refractivity contribution in [2.24, 2.45) is 0 Å². The monoisotopic (exact) mass is 398 g/mol. The van der Waals surface area contributed by atoms with Gasteiger partial charge in [-0.25, -0.2) is 14.4 Å². The summed E-state index contributed by atoms with van der Waals surface area (Å²) >= 11 is 6.35. The van der Waals surface area contributed by atoms with E-state index in [1.54, 1.807) is 19.4 Å². The van der Waals surface area contributed by atoms with Crippen molar-refractivity contribution in [1.29, 1.82) is 0 Å². The quantitative estimate of drug-likeness (QED) is 0.404. The largest absolute Gasteiger partial charge is 0.501 e. The minimum absolute atomic E-state index is 0.313. The lowest BCUT2D eigenvalue weighted by molar-refractivity contribution is 0.293. The van der Waals surface area contributed by atoms with E-state index < -0.39 is 0 Å². The molecule has 28 heavy (non-hydrogen) atoms.